The fourth-order valence-corrected chi connectivity index (χ4v) is 2.76. The Morgan fingerprint density at radius 1 is 1.32 bits per heavy atom. The van der Waals surface area contributed by atoms with Gasteiger partial charge in [0, 0.05) is 26.7 Å². The number of urea groups is 1. The maximum atomic E-state index is 11.7. The predicted octanol–water partition coefficient (Wildman–Crippen LogP) is -1.39. The van der Waals surface area contributed by atoms with Crippen molar-refractivity contribution in [2.75, 3.05) is 53.0 Å². The lowest BCUT2D eigenvalue weighted by atomic mass is 10.0. The van der Waals surface area contributed by atoms with Gasteiger partial charge >= 0.3 is 6.03 Å². The van der Waals surface area contributed by atoms with Crippen LogP contribution in [-0.2, 0) is 9.53 Å². The number of hydrogen-bond donors (Lipinski definition) is 3. The molecule has 0 saturated carbocycles. The monoisotopic (exact) mass is 270 g/mol. The molecule has 0 bridgehead atoms. The molecule has 3 N–H and O–H groups in total. The standard InChI is InChI=1S/C12H22N4O3/c1-19-3-2-14-12(18)15-11(17)8-16-6-9-4-13-5-10(9)7-16/h9-10,13H,2-8H2,1H3,(H2,14,15,17,18)/t9-,10+. The molecule has 19 heavy (non-hydrogen) atoms. The first-order valence-corrected chi connectivity index (χ1v) is 6.68. The van der Waals surface area contributed by atoms with Crippen LogP contribution in [0.15, 0.2) is 0 Å². The van der Waals surface area contributed by atoms with Crippen molar-refractivity contribution in [3.63, 3.8) is 0 Å². The number of likely N-dealkylation sites (tertiary alicyclic amines) is 1. The number of fused-ring (bicyclic) bond motifs is 1. The molecule has 0 aromatic carbocycles. The largest absolute Gasteiger partial charge is 0.383 e. The van der Waals surface area contributed by atoms with Crippen LogP contribution < -0.4 is 16.0 Å². The molecule has 2 aliphatic heterocycles. The zero-order chi connectivity index (χ0) is 13.7. The SMILES string of the molecule is COCCNC(=O)NC(=O)CN1C[C@H]2CNC[C@H]2C1. The molecule has 0 unspecified atom stereocenters. The van der Waals surface area contributed by atoms with E-state index in [-0.39, 0.29) is 5.91 Å². The number of rotatable bonds is 5. The van der Waals surface area contributed by atoms with Crippen molar-refractivity contribution in [2.24, 2.45) is 11.8 Å². The summed E-state index contributed by atoms with van der Waals surface area (Å²) in [7, 11) is 1.56. The van der Waals surface area contributed by atoms with Gasteiger partial charge in [0.15, 0.2) is 0 Å². The molecule has 2 fully saturated rings. The Labute approximate surface area is 113 Å². The van der Waals surface area contributed by atoms with Crippen molar-refractivity contribution >= 4 is 11.9 Å². The minimum Gasteiger partial charge on any atom is -0.383 e. The van der Waals surface area contributed by atoms with Gasteiger partial charge in [0.2, 0.25) is 5.91 Å². The number of nitrogens with one attached hydrogen (secondary N) is 3. The van der Waals surface area contributed by atoms with Gasteiger partial charge in [-0.3, -0.25) is 15.0 Å². The number of amides is 3. The molecule has 2 saturated heterocycles. The normalized spacial score (nSPS) is 26.2. The molecule has 2 atom stereocenters. The van der Waals surface area contributed by atoms with E-state index in [2.05, 4.69) is 20.9 Å². The Bertz CT molecular complexity index is 325. The molecule has 2 aliphatic rings. The lowest BCUT2D eigenvalue weighted by Crippen LogP contribution is -2.45. The maximum absolute atomic E-state index is 11.7. The third-order valence-electron chi connectivity index (χ3n) is 3.68. The summed E-state index contributed by atoms with van der Waals surface area (Å²) in [5, 5.41) is 8.24. The summed E-state index contributed by atoms with van der Waals surface area (Å²) >= 11 is 0. The van der Waals surface area contributed by atoms with Crippen LogP contribution in [0.4, 0.5) is 4.79 Å². The van der Waals surface area contributed by atoms with Crippen LogP contribution in [0.1, 0.15) is 0 Å². The van der Waals surface area contributed by atoms with Gasteiger partial charge in [0.25, 0.3) is 0 Å². The maximum Gasteiger partial charge on any atom is 0.321 e. The summed E-state index contributed by atoms with van der Waals surface area (Å²) < 4.78 is 4.81. The third-order valence-corrected chi connectivity index (χ3v) is 3.68. The van der Waals surface area contributed by atoms with Crippen LogP contribution >= 0.6 is 0 Å². The Kier molecular flexibility index (Phi) is 5.12. The van der Waals surface area contributed by atoms with Gasteiger partial charge < -0.3 is 15.4 Å². The highest BCUT2D eigenvalue weighted by atomic mass is 16.5. The average Bonchev–Trinajstić information content (AvgIpc) is 2.89. The number of imide groups is 1. The van der Waals surface area contributed by atoms with Gasteiger partial charge in [-0.25, -0.2) is 4.79 Å². The highest BCUT2D eigenvalue weighted by Crippen LogP contribution is 2.25. The van der Waals surface area contributed by atoms with Crippen LogP contribution in [0.25, 0.3) is 0 Å². The quantitative estimate of drug-likeness (QED) is 0.536. The number of ether oxygens (including phenoxy) is 1. The fraction of sp³-hybridized carbons (Fsp3) is 0.833. The average molecular weight is 270 g/mol. The molecule has 0 aromatic rings. The van der Waals surface area contributed by atoms with Crippen molar-refractivity contribution in [1.29, 1.82) is 0 Å². The van der Waals surface area contributed by atoms with E-state index in [1.807, 2.05) is 0 Å². The first-order valence-electron chi connectivity index (χ1n) is 6.68. The number of carbonyl (C=O) groups is 2. The van der Waals surface area contributed by atoms with Gasteiger partial charge in [-0.15, -0.1) is 0 Å². The van der Waals surface area contributed by atoms with Gasteiger partial charge in [0.1, 0.15) is 0 Å². The molecule has 7 heteroatoms. The van der Waals surface area contributed by atoms with E-state index in [9.17, 15) is 9.59 Å². The van der Waals surface area contributed by atoms with E-state index in [1.54, 1.807) is 7.11 Å². The number of carbonyl (C=O) groups excluding carboxylic acids is 2. The van der Waals surface area contributed by atoms with E-state index >= 15 is 0 Å². The summed E-state index contributed by atoms with van der Waals surface area (Å²) in [5.41, 5.74) is 0. The van der Waals surface area contributed by atoms with E-state index in [0.29, 0.717) is 31.5 Å². The number of hydrogen-bond acceptors (Lipinski definition) is 5. The van der Waals surface area contributed by atoms with Gasteiger partial charge in [-0.2, -0.15) is 0 Å². The molecule has 2 rings (SSSR count). The number of nitrogens with zero attached hydrogens (tertiary/aromatic N) is 1. The van der Waals surface area contributed by atoms with Crippen LogP contribution in [-0.4, -0.2) is 69.8 Å². The molecule has 3 amide bonds. The van der Waals surface area contributed by atoms with Gasteiger partial charge in [0.05, 0.1) is 13.2 Å². The second kappa shape index (κ2) is 6.83. The zero-order valence-corrected chi connectivity index (χ0v) is 11.3. The molecule has 0 spiro atoms. The summed E-state index contributed by atoms with van der Waals surface area (Å²) in [5.74, 6) is 1.06. The first-order chi connectivity index (χ1) is 9.19. The molecule has 7 nitrogen and oxygen atoms in total. The molecule has 0 aliphatic carbocycles. The lowest BCUT2D eigenvalue weighted by molar-refractivity contribution is -0.121. The van der Waals surface area contributed by atoms with Crippen LogP contribution in [0, 0.1) is 11.8 Å². The fourth-order valence-electron chi connectivity index (χ4n) is 2.76. The minimum absolute atomic E-state index is 0.247. The van der Waals surface area contributed by atoms with Crippen LogP contribution in [0.2, 0.25) is 0 Å². The van der Waals surface area contributed by atoms with Crippen LogP contribution in [0.5, 0.6) is 0 Å². The predicted molar refractivity (Wildman–Crippen MR) is 69.7 cm³/mol. The van der Waals surface area contributed by atoms with Gasteiger partial charge in [-0.1, -0.05) is 0 Å². The highest BCUT2D eigenvalue weighted by Gasteiger charge is 2.36. The Hall–Kier alpha value is -1.18. The van der Waals surface area contributed by atoms with Crippen molar-refractivity contribution in [1.82, 2.24) is 20.9 Å². The zero-order valence-electron chi connectivity index (χ0n) is 11.3. The van der Waals surface area contributed by atoms with Crippen molar-refractivity contribution in [3.05, 3.63) is 0 Å². The van der Waals surface area contributed by atoms with E-state index in [1.165, 1.54) is 0 Å². The third kappa shape index (κ3) is 4.15. The Balaban J connectivity index is 1.63. The lowest BCUT2D eigenvalue weighted by Gasteiger charge is -2.16. The second-order valence-corrected chi connectivity index (χ2v) is 5.17. The highest BCUT2D eigenvalue weighted by molar-refractivity contribution is 5.95. The summed E-state index contributed by atoms with van der Waals surface area (Å²) in [6.07, 6.45) is 0. The molecule has 2 heterocycles. The van der Waals surface area contributed by atoms with Gasteiger partial charge in [-0.05, 0) is 24.9 Å². The summed E-state index contributed by atoms with van der Waals surface area (Å²) in [6, 6.07) is -0.455. The van der Waals surface area contributed by atoms with E-state index in [4.69, 9.17) is 4.74 Å². The minimum atomic E-state index is -0.455. The van der Waals surface area contributed by atoms with Crippen molar-refractivity contribution in [2.45, 2.75) is 0 Å². The smallest absolute Gasteiger partial charge is 0.321 e. The molecular weight excluding hydrogens is 248 g/mol. The van der Waals surface area contributed by atoms with Crippen molar-refractivity contribution < 1.29 is 14.3 Å². The summed E-state index contributed by atoms with van der Waals surface area (Å²) in [6.45, 7) is 5.09. The van der Waals surface area contributed by atoms with E-state index < -0.39 is 6.03 Å². The Morgan fingerprint density at radius 2 is 2.00 bits per heavy atom. The second-order valence-electron chi connectivity index (χ2n) is 5.17. The molecule has 0 aromatic heterocycles. The molecular formula is C12H22N4O3. The number of methoxy groups -OCH3 is 1. The van der Waals surface area contributed by atoms with Crippen LogP contribution in [0.3, 0.4) is 0 Å². The Morgan fingerprint density at radius 3 is 2.63 bits per heavy atom. The van der Waals surface area contributed by atoms with E-state index in [0.717, 1.165) is 26.2 Å². The summed E-state index contributed by atoms with van der Waals surface area (Å²) in [4.78, 5) is 25.2. The van der Waals surface area contributed by atoms with Crippen molar-refractivity contribution in [3.8, 4) is 0 Å². The molecule has 108 valence electrons. The molecule has 0 radical (unpaired) electrons. The topological polar surface area (TPSA) is 82.7 Å². The first kappa shape index (κ1) is 14.2.